The zero-order valence-corrected chi connectivity index (χ0v) is 17.8. The van der Waals surface area contributed by atoms with Crippen LogP contribution in [-0.2, 0) is 11.3 Å². The summed E-state index contributed by atoms with van der Waals surface area (Å²) in [6, 6.07) is 7.22. The lowest BCUT2D eigenvalue weighted by Crippen LogP contribution is -2.16. The van der Waals surface area contributed by atoms with E-state index >= 15 is 0 Å². The van der Waals surface area contributed by atoms with Crippen LogP contribution in [0.3, 0.4) is 0 Å². The van der Waals surface area contributed by atoms with Crippen molar-refractivity contribution in [3.05, 3.63) is 58.7 Å². The fourth-order valence-electron chi connectivity index (χ4n) is 3.06. The molecule has 0 radical (unpaired) electrons. The minimum atomic E-state index is -0.400. The summed E-state index contributed by atoms with van der Waals surface area (Å²) in [7, 11) is 0. The van der Waals surface area contributed by atoms with Crippen LogP contribution in [0.1, 0.15) is 53.4 Å². The van der Waals surface area contributed by atoms with Crippen molar-refractivity contribution in [2.75, 3.05) is 6.61 Å². The number of carbonyl (C=O) groups is 2. The lowest BCUT2D eigenvalue weighted by molar-refractivity contribution is 0.0526. The molecule has 0 atom stereocenters. The molecule has 0 saturated heterocycles. The Bertz CT molecular complexity index is 1150. The molecule has 7 nitrogen and oxygen atoms in total. The maximum atomic E-state index is 12.7. The third kappa shape index (κ3) is 4.22. The Morgan fingerprint density at radius 2 is 2.10 bits per heavy atom. The Labute approximate surface area is 173 Å². The van der Waals surface area contributed by atoms with Crippen LogP contribution in [0.15, 0.2) is 41.9 Å². The van der Waals surface area contributed by atoms with Crippen molar-refractivity contribution in [3.63, 3.8) is 0 Å². The molecule has 0 aliphatic heterocycles. The molecule has 152 valence electrons. The second-order valence-electron chi connectivity index (χ2n) is 6.81. The van der Waals surface area contributed by atoms with Gasteiger partial charge in [0.05, 0.1) is 22.4 Å². The third-order valence-electron chi connectivity index (χ3n) is 4.33. The Morgan fingerprint density at radius 3 is 2.72 bits per heavy atom. The third-order valence-corrected chi connectivity index (χ3v) is 5.37. The molecule has 1 aromatic carbocycles. The van der Waals surface area contributed by atoms with Crippen LogP contribution < -0.4 is 4.80 Å². The largest absolute Gasteiger partial charge is 0.462 e. The molecular weight excluding hydrogens is 388 g/mol. The van der Waals surface area contributed by atoms with Gasteiger partial charge in [0.2, 0.25) is 0 Å². The number of esters is 1. The van der Waals surface area contributed by atoms with Crippen LogP contribution in [0.2, 0.25) is 0 Å². The summed E-state index contributed by atoms with van der Waals surface area (Å²) in [6.07, 6.45) is 1.74. The molecular formula is C21H24N4O3S. The molecule has 0 unspecified atom stereocenters. The molecule has 0 fully saturated rings. The number of allylic oxidation sites excluding steroid dienone is 1. The lowest BCUT2D eigenvalue weighted by Gasteiger charge is -2.06. The van der Waals surface area contributed by atoms with Gasteiger partial charge in [-0.25, -0.2) is 4.79 Å². The van der Waals surface area contributed by atoms with E-state index in [1.165, 1.54) is 11.3 Å². The molecule has 2 aromatic heterocycles. The molecule has 2 heterocycles. The van der Waals surface area contributed by atoms with E-state index in [0.29, 0.717) is 29.2 Å². The van der Waals surface area contributed by atoms with Gasteiger partial charge in [0, 0.05) is 18.3 Å². The Hall–Kier alpha value is -3.00. The minimum absolute atomic E-state index is 0.160. The van der Waals surface area contributed by atoms with E-state index in [0.717, 1.165) is 15.9 Å². The number of ether oxygens (including phenoxy) is 1. The van der Waals surface area contributed by atoms with E-state index < -0.39 is 5.91 Å². The predicted octanol–water partition coefficient (Wildman–Crippen LogP) is 3.89. The van der Waals surface area contributed by atoms with E-state index in [1.807, 2.05) is 31.4 Å². The van der Waals surface area contributed by atoms with Crippen LogP contribution in [-0.4, -0.2) is 32.8 Å². The number of hydrogen-bond acceptors (Lipinski definition) is 5. The number of benzene rings is 1. The number of aryl methyl sites for hydroxylation is 1. The predicted molar refractivity (Wildman–Crippen MR) is 113 cm³/mol. The van der Waals surface area contributed by atoms with Gasteiger partial charge in [-0.3, -0.25) is 9.48 Å². The molecule has 0 saturated carbocycles. The fourth-order valence-corrected chi connectivity index (χ4v) is 4.14. The average Bonchev–Trinajstić information content (AvgIpc) is 3.23. The van der Waals surface area contributed by atoms with Crippen LogP contribution in [0.25, 0.3) is 10.2 Å². The lowest BCUT2D eigenvalue weighted by atomic mass is 10.2. The highest BCUT2D eigenvalue weighted by Gasteiger charge is 2.15. The number of carbonyl (C=O) groups excluding carboxylic acids is 2. The molecule has 1 amide bonds. The molecule has 0 N–H and O–H groups in total. The minimum Gasteiger partial charge on any atom is -0.462 e. The van der Waals surface area contributed by atoms with Gasteiger partial charge < -0.3 is 9.30 Å². The first kappa shape index (κ1) is 20.7. The average molecular weight is 413 g/mol. The molecule has 3 aromatic rings. The molecule has 0 aliphatic carbocycles. The van der Waals surface area contributed by atoms with Gasteiger partial charge in [-0.05, 0) is 52.0 Å². The normalized spacial score (nSPS) is 12.0. The van der Waals surface area contributed by atoms with Crippen molar-refractivity contribution in [2.45, 2.75) is 40.3 Å². The van der Waals surface area contributed by atoms with Gasteiger partial charge in [0.25, 0.3) is 5.91 Å². The summed E-state index contributed by atoms with van der Waals surface area (Å²) in [6.45, 7) is 12.3. The summed E-state index contributed by atoms with van der Waals surface area (Å²) in [5, 5.41) is 4.38. The van der Waals surface area contributed by atoms with E-state index in [-0.39, 0.29) is 12.0 Å². The Balaban J connectivity index is 2.08. The van der Waals surface area contributed by atoms with Crippen molar-refractivity contribution >= 4 is 33.4 Å². The quantitative estimate of drug-likeness (QED) is 0.454. The summed E-state index contributed by atoms with van der Waals surface area (Å²) >= 11 is 1.34. The number of thiazole rings is 1. The zero-order valence-electron chi connectivity index (χ0n) is 17.0. The van der Waals surface area contributed by atoms with Gasteiger partial charge in [0.15, 0.2) is 10.5 Å². The molecule has 0 spiro atoms. The van der Waals surface area contributed by atoms with Gasteiger partial charge >= 0.3 is 5.97 Å². The van der Waals surface area contributed by atoms with E-state index in [2.05, 4.69) is 16.7 Å². The standard InChI is InChI=1S/C21H24N4O3S/c1-6-10-24-17-9-8-15(20(27)28-7-2)12-18(17)29-21(24)22-19(26)16-11-14(5)25(23-16)13(3)4/h6,8-9,11-13H,1,7,10H2,2-5H3. The van der Waals surface area contributed by atoms with Crippen molar-refractivity contribution < 1.29 is 14.3 Å². The van der Waals surface area contributed by atoms with Gasteiger partial charge in [-0.15, -0.1) is 6.58 Å². The zero-order chi connectivity index (χ0) is 21.1. The van der Waals surface area contributed by atoms with Crippen molar-refractivity contribution in [3.8, 4) is 0 Å². The first-order chi connectivity index (χ1) is 13.8. The van der Waals surface area contributed by atoms with Crippen LogP contribution in [0.5, 0.6) is 0 Å². The highest BCUT2D eigenvalue weighted by Crippen LogP contribution is 2.20. The number of amides is 1. The molecule has 8 heteroatoms. The van der Waals surface area contributed by atoms with Crippen molar-refractivity contribution in [1.29, 1.82) is 0 Å². The smallest absolute Gasteiger partial charge is 0.338 e. The van der Waals surface area contributed by atoms with Crippen LogP contribution in [0.4, 0.5) is 0 Å². The van der Waals surface area contributed by atoms with E-state index in [1.54, 1.807) is 35.9 Å². The fraction of sp³-hybridized carbons (Fsp3) is 0.333. The first-order valence-electron chi connectivity index (χ1n) is 9.42. The second kappa shape index (κ2) is 8.57. The number of fused-ring (bicyclic) bond motifs is 1. The monoisotopic (exact) mass is 412 g/mol. The number of rotatable bonds is 6. The highest BCUT2D eigenvalue weighted by atomic mass is 32.1. The number of aromatic nitrogens is 3. The highest BCUT2D eigenvalue weighted by molar-refractivity contribution is 7.16. The topological polar surface area (TPSA) is 78.5 Å². The summed E-state index contributed by atoms with van der Waals surface area (Å²) in [5.74, 6) is -0.773. The summed E-state index contributed by atoms with van der Waals surface area (Å²) in [5.41, 5.74) is 2.56. The molecule has 29 heavy (non-hydrogen) atoms. The van der Waals surface area contributed by atoms with Gasteiger partial charge in [-0.1, -0.05) is 17.4 Å². The van der Waals surface area contributed by atoms with Crippen molar-refractivity contribution in [2.24, 2.45) is 4.99 Å². The van der Waals surface area contributed by atoms with E-state index in [4.69, 9.17) is 4.74 Å². The SMILES string of the molecule is C=CCn1c(=NC(=O)c2cc(C)n(C(C)C)n2)sc2cc(C(=O)OCC)ccc21. The number of hydrogen-bond donors (Lipinski definition) is 0. The first-order valence-corrected chi connectivity index (χ1v) is 10.2. The van der Waals surface area contributed by atoms with Gasteiger partial charge in [0.1, 0.15) is 0 Å². The number of nitrogens with zero attached hydrogens (tertiary/aromatic N) is 4. The molecule has 3 rings (SSSR count). The Morgan fingerprint density at radius 1 is 1.34 bits per heavy atom. The van der Waals surface area contributed by atoms with E-state index in [9.17, 15) is 9.59 Å². The summed E-state index contributed by atoms with van der Waals surface area (Å²) in [4.78, 5) is 29.6. The second-order valence-corrected chi connectivity index (χ2v) is 7.82. The van der Waals surface area contributed by atoms with Crippen LogP contribution >= 0.6 is 11.3 Å². The maximum Gasteiger partial charge on any atom is 0.338 e. The molecule has 0 aliphatic rings. The van der Waals surface area contributed by atoms with Crippen molar-refractivity contribution in [1.82, 2.24) is 14.3 Å². The summed E-state index contributed by atoms with van der Waals surface area (Å²) < 4.78 is 9.61. The van der Waals surface area contributed by atoms with Gasteiger partial charge in [-0.2, -0.15) is 10.1 Å². The van der Waals surface area contributed by atoms with Crippen LogP contribution in [0, 0.1) is 6.92 Å². The molecule has 0 bridgehead atoms. The Kier molecular flexibility index (Phi) is 6.12. The maximum absolute atomic E-state index is 12.7.